The summed E-state index contributed by atoms with van der Waals surface area (Å²) in [6.45, 7) is 2.94. The molecule has 0 bridgehead atoms. The van der Waals surface area contributed by atoms with Crippen molar-refractivity contribution < 1.29 is 14.3 Å². The third-order valence-corrected chi connectivity index (χ3v) is 5.97. The molecule has 1 saturated heterocycles. The molecule has 0 atom stereocenters. The highest BCUT2D eigenvalue weighted by Gasteiger charge is 2.24. The molecule has 0 aliphatic carbocycles. The molecule has 9 nitrogen and oxygen atoms in total. The van der Waals surface area contributed by atoms with Gasteiger partial charge in [-0.3, -0.25) is 14.5 Å². The van der Waals surface area contributed by atoms with E-state index < -0.39 is 5.97 Å². The highest BCUT2D eigenvalue weighted by molar-refractivity contribution is 5.98. The summed E-state index contributed by atoms with van der Waals surface area (Å²) >= 11 is 0. The van der Waals surface area contributed by atoms with Crippen molar-refractivity contribution in [1.82, 2.24) is 24.8 Å². The van der Waals surface area contributed by atoms with Crippen molar-refractivity contribution in [3.8, 4) is 0 Å². The average molecular weight is 445 g/mol. The molecule has 1 amide bonds. The third-order valence-electron chi connectivity index (χ3n) is 5.97. The van der Waals surface area contributed by atoms with E-state index in [1.807, 2.05) is 35.2 Å². The van der Waals surface area contributed by atoms with E-state index in [1.54, 1.807) is 18.2 Å². The van der Waals surface area contributed by atoms with Crippen LogP contribution in [0.2, 0.25) is 0 Å². The van der Waals surface area contributed by atoms with Gasteiger partial charge in [-0.15, -0.1) is 0 Å². The maximum Gasteiger partial charge on any atom is 0.337 e. The topological polar surface area (TPSA) is 111 Å². The van der Waals surface area contributed by atoms with Crippen molar-refractivity contribution in [2.24, 2.45) is 0 Å². The molecule has 0 saturated carbocycles. The molecule has 2 aromatic heterocycles. The lowest BCUT2D eigenvalue weighted by Crippen LogP contribution is -2.48. The van der Waals surface area contributed by atoms with E-state index in [9.17, 15) is 14.4 Å². The van der Waals surface area contributed by atoms with Crippen LogP contribution in [0.4, 0.5) is 0 Å². The molecular formula is C24H23N5O4. The number of H-pyrrole nitrogens is 2. The van der Waals surface area contributed by atoms with Crippen LogP contribution < -0.4 is 5.56 Å². The largest absolute Gasteiger partial charge is 0.465 e. The van der Waals surface area contributed by atoms with Gasteiger partial charge >= 0.3 is 5.97 Å². The highest BCUT2D eigenvalue weighted by atomic mass is 16.5. The number of esters is 1. The Kier molecular flexibility index (Phi) is 5.39. The normalized spacial score (nSPS) is 14.6. The number of ether oxygens (including phenoxy) is 1. The summed E-state index contributed by atoms with van der Waals surface area (Å²) in [7, 11) is 1.31. The van der Waals surface area contributed by atoms with Crippen LogP contribution in [0.15, 0.2) is 53.3 Å². The van der Waals surface area contributed by atoms with Crippen LogP contribution in [0.3, 0.4) is 0 Å². The molecule has 9 heteroatoms. The molecule has 4 aromatic rings. The first-order chi connectivity index (χ1) is 16.0. The second kappa shape index (κ2) is 8.51. The van der Waals surface area contributed by atoms with Gasteiger partial charge in [-0.25, -0.2) is 9.78 Å². The number of hydrogen-bond donors (Lipinski definition) is 2. The third kappa shape index (κ3) is 4.10. The van der Waals surface area contributed by atoms with Crippen molar-refractivity contribution in [2.45, 2.75) is 6.54 Å². The lowest BCUT2D eigenvalue weighted by molar-refractivity contribution is 0.0598. The minimum absolute atomic E-state index is 0.0153. The molecule has 0 spiro atoms. The minimum atomic E-state index is -0.476. The Hall–Kier alpha value is -3.98. The molecule has 1 fully saturated rings. The van der Waals surface area contributed by atoms with Crippen LogP contribution in [0, 0.1) is 0 Å². The van der Waals surface area contributed by atoms with Crippen LogP contribution in [-0.4, -0.2) is 69.9 Å². The van der Waals surface area contributed by atoms with Crippen LogP contribution >= 0.6 is 0 Å². The van der Waals surface area contributed by atoms with Gasteiger partial charge in [0.25, 0.3) is 11.5 Å². The van der Waals surface area contributed by atoms with E-state index >= 15 is 0 Å². The van der Waals surface area contributed by atoms with E-state index in [1.165, 1.54) is 7.11 Å². The van der Waals surface area contributed by atoms with Crippen LogP contribution in [-0.2, 0) is 11.3 Å². The van der Waals surface area contributed by atoms with Gasteiger partial charge in [0.1, 0.15) is 11.5 Å². The first-order valence-electron chi connectivity index (χ1n) is 10.7. The second-order valence-electron chi connectivity index (χ2n) is 8.07. The number of piperazine rings is 1. The summed E-state index contributed by atoms with van der Waals surface area (Å²) in [5, 5.41) is 1.43. The van der Waals surface area contributed by atoms with Crippen LogP contribution in [0.1, 0.15) is 26.7 Å². The number of nitrogens with zero attached hydrogens (tertiary/aromatic N) is 3. The summed E-state index contributed by atoms with van der Waals surface area (Å²) in [5.41, 5.74) is 2.08. The molecule has 2 N–H and O–H groups in total. The van der Waals surface area contributed by atoms with Gasteiger partial charge in [0.2, 0.25) is 0 Å². The fourth-order valence-corrected chi connectivity index (χ4v) is 4.19. The lowest BCUT2D eigenvalue weighted by Gasteiger charge is -2.34. The van der Waals surface area contributed by atoms with Gasteiger partial charge in [-0.2, -0.15) is 0 Å². The predicted molar refractivity (Wildman–Crippen MR) is 123 cm³/mol. The molecule has 1 aliphatic heterocycles. The predicted octanol–water partition coefficient (Wildman–Crippen LogP) is 2.15. The van der Waals surface area contributed by atoms with Crippen molar-refractivity contribution in [3.63, 3.8) is 0 Å². The number of hydrogen-bond acceptors (Lipinski definition) is 6. The summed E-state index contributed by atoms with van der Waals surface area (Å²) in [4.78, 5) is 51.7. The standard InChI is InChI=1S/C24H23N5O4/c1-33-24(32)16-6-7-17-19(13-16)26-21(27-22(17)30)14-28-8-10-29(11-9-28)23(31)20-12-15-4-2-3-5-18(15)25-20/h2-7,12-13,25H,8-11,14H2,1H3,(H,26,27,30). The number of carbonyl (C=O) groups is 2. The van der Waals surface area contributed by atoms with Crippen molar-refractivity contribution in [3.05, 3.63) is 76.0 Å². The maximum atomic E-state index is 12.9. The molecule has 0 radical (unpaired) electrons. The molecule has 5 rings (SSSR count). The Bertz CT molecular complexity index is 1380. The summed E-state index contributed by atoms with van der Waals surface area (Å²) < 4.78 is 4.75. The molecule has 2 aromatic carbocycles. The zero-order chi connectivity index (χ0) is 22.9. The zero-order valence-electron chi connectivity index (χ0n) is 18.1. The number of carbonyl (C=O) groups excluding carboxylic acids is 2. The van der Waals surface area contributed by atoms with Gasteiger partial charge in [0.05, 0.1) is 30.1 Å². The molecule has 3 heterocycles. The Morgan fingerprint density at radius 3 is 2.58 bits per heavy atom. The molecule has 1 aliphatic rings. The van der Waals surface area contributed by atoms with Crippen LogP contribution in [0.5, 0.6) is 0 Å². The fraction of sp³-hybridized carbons (Fsp3) is 0.250. The molecule has 0 unspecified atom stereocenters. The van der Waals surface area contributed by atoms with E-state index in [0.717, 1.165) is 10.9 Å². The summed E-state index contributed by atoms with van der Waals surface area (Å²) in [6, 6.07) is 14.4. The fourth-order valence-electron chi connectivity index (χ4n) is 4.19. The van der Waals surface area contributed by atoms with Gasteiger partial charge in [-0.1, -0.05) is 18.2 Å². The van der Waals surface area contributed by atoms with Crippen molar-refractivity contribution in [1.29, 1.82) is 0 Å². The number of para-hydroxylation sites is 1. The van der Waals surface area contributed by atoms with E-state index in [-0.39, 0.29) is 11.5 Å². The first-order valence-corrected chi connectivity index (χ1v) is 10.7. The number of benzene rings is 2. The number of fused-ring (bicyclic) bond motifs is 2. The first kappa shape index (κ1) is 20.9. The quantitative estimate of drug-likeness (QED) is 0.466. The zero-order valence-corrected chi connectivity index (χ0v) is 18.1. The Morgan fingerprint density at radius 2 is 1.82 bits per heavy atom. The Morgan fingerprint density at radius 1 is 1.03 bits per heavy atom. The van der Waals surface area contributed by atoms with Gasteiger partial charge in [0.15, 0.2) is 0 Å². The molecule has 168 valence electrons. The van der Waals surface area contributed by atoms with Gasteiger partial charge in [-0.05, 0) is 30.3 Å². The summed E-state index contributed by atoms with van der Waals surface area (Å²) in [5.74, 6) is 0.0274. The summed E-state index contributed by atoms with van der Waals surface area (Å²) in [6.07, 6.45) is 0. The second-order valence-corrected chi connectivity index (χ2v) is 8.07. The average Bonchev–Trinajstić information content (AvgIpc) is 3.27. The van der Waals surface area contributed by atoms with E-state index in [0.29, 0.717) is 60.7 Å². The van der Waals surface area contributed by atoms with Crippen molar-refractivity contribution in [2.75, 3.05) is 33.3 Å². The van der Waals surface area contributed by atoms with E-state index in [4.69, 9.17) is 4.74 Å². The Balaban J connectivity index is 1.27. The SMILES string of the molecule is COC(=O)c1ccc2c(=O)[nH]c(CN3CCN(C(=O)c4cc5ccccc5[nH]4)CC3)nc2c1. The van der Waals surface area contributed by atoms with Gasteiger partial charge in [0, 0.05) is 37.1 Å². The smallest absolute Gasteiger partial charge is 0.337 e. The van der Waals surface area contributed by atoms with Gasteiger partial charge < -0.3 is 19.6 Å². The van der Waals surface area contributed by atoms with Crippen LogP contribution in [0.25, 0.3) is 21.8 Å². The number of amides is 1. The number of aromatic nitrogens is 3. The lowest BCUT2D eigenvalue weighted by atomic mass is 10.1. The number of methoxy groups -OCH3 is 1. The Labute approximate surface area is 189 Å². The number of rotatable bonds is 4. The molecule has 33 heavy (non-hydrogen) atoms. The van der Waals surface area contributed by atoms with Crippen molar-refractivity contribution >= 4 is 33.7 Å². The number of aromatic amines is 2. The maximum absolute atomic E-state index is 12.9. The molecular weight excluding hydrogens is 422 g/mol. The van der Waals surface area contributed by atoms with E-state index in [2.05, 4.69) is 19.9 Å². The number of nitrogens with one attached hydrogen (secondary N) is 2. The monoisotopic (exact) mass is 445 g/mol. The highest BCUT2D eigenvalue weighted by Crippen LogP contribution is 2.17. The minimum Gasteiger partial charge on any atom is -0.465 e.